The molecule has 7 heteroatoms. The fraction of sp³-hybridized carbons (Fsp3) is 0.200. The Morgan fingerprint density at radius 2 is 1.89 bits per heavy atom. The first-order chi connectivity index (χ1) is 13.0. The predicted octanol–water partition coefficient (Wildman–Crippen LogP) is 3.11. The summed E-state index contributed by atoms with van der Waals surface area (Å²) in [5.41, 5.74) is 2.65. The van der Waals surface area contributed by atoms with E-state index in [2.05, 4.69) is 10.1 Å². The van der Waals surface area contributed by atoms with Crippen LogP contribution in [0.15, 0.2) is 59.5 Å². The van der Waals surface area contributed by atoms with Gasteiger partial charge in [0.1, 0.15) is 6.04 Å². The van der Waals surface area contributed by atoms with Crippen LogP contribution in [-0.4, -0.2) is 27.2 Å². The van der Waals surface area contributed by atoms with Gasteiger partial charge in [-0.2, -0.15) is 10.1 Å². The van der Waals surface area contributed by atoms with Gasteiger partial charge in [0.05, 0.1) is 11.9 Å². The highest BCUT2D eigenvalue weighted by atomic mass is 35.5. The maximum absolute atomic E-state index is 12.9. The maximum Gasteiger partial charge on any atom is 0.365 e. The fourth-order valence-electron chi connectivity index (χ4n) is 3.27. The molecule has 0 aliphatic carbocycles. The third-order valence-corrected chi connectivity index (χ3v) is 4.99. The van der Waals surface area contributed by atoms with Crippen molar-refractivity contribution in [1.82, 2.24) is 14.8 Å². The lowest BCUT2D eigenvalue weighted by atomic mass is 10.2. The molecule has 0 unspecified atom stereocenters. The molecular formula is C20H17ClN4O2. The Labute approximate surface area is 161 Å². The summed E-state index contributed by atoms with van der Waals surface area (Å²) in [6.45, 7) is 2.27. The van der Waals surface area contributed by atoms with Crippen LogP contribution in [0.5, 0.6) is 0 Å². The van der Waals surface area contributed by atoms with Crippen LogP contribution in [0, 0.1) is 0 Å². The fourth-order valence-corrected chi connectivity index (χ4v) is 3.40. The van der Waals surface area contributed by atoms with E-state index in [4.69, 9.17) is 11.6 Å². The zero-order chi connectivity index (χ0) is 19.0. The zero-order valence-electron chi connectivity index (χ0n) is 14.7. The van der Waals surface area contributed by atoms with E-state index >= 15 is 0 Å². The van der Waals surface area contributed by atoms with Crippen LogP contribution < -0.4 is 10.6 Å². The number of amides is 1. The normalized spacial score (nSPS) is 14.1. The Balaban J connectivity index is 1.61. The van der Waals surface area contributed by atoms with Crippen LogP contribution in [0.3, 0.4) is 0 Å². The number of benzene rings is 2. The first-order valence-electron chi connectivity index (χ1n) is 8.65. The van der Waals surface area contributed by atoms with Gasteiger partial charge >= 0.3 is 5.69 Å². The number of halogens is 1. The SMILES string of the molecule is C[C@H](C(=O)N1CCc2ccccc21)n1ncc(-c2ccc(Cl)cc2)nc1=O. The van der Waals surface area contributed by atoms with Gasteiger partial charge in [0.25, 0.3) is 5.91 Å². The second-order valence-corrected chi connectivity index (χ2v) is 6.86. The number of para-hydroxylation sites is 1. The molecule has 3 aromatic rings. The first-order valence-corrected chi connectivity index (χ1v) is 9.03. The second-order valence-electron chi connectivity index (χ2n) is 6.42. The lowest BCUT2D eigenvalue weighted by Crippen LogP contribution is -2.40. The quantitative estimate of drug-likeness (QED) is 0.700. The van der Waals surface area contributed by atoms with Crippen molar-refractivity contribution >= 4 is 23.2 Å². The number of aromatic nitrogens is 3. The molecule has 1 aliphatic rings. The van der Waals surface area contributed by atoms with Crippen LogP contribution in [0.4, 0.5) is 5.69 Å². The van der Waals surface area contributed by atoms with Crippen molar-refractivity contribution in [2.24, 2.45) is 0 Å². The second kappa shape index (κ2) is 6.96. The molecule has 1 aliphatic heterocycles. The maximum atomic E-state index is 12.9. The van der Waals surface area contributed by atoms with Gasteiger partial charge < -0.3 is 4.90 Å². The summed E-state index contributed by atoms with van der Waals surface area (Å²) in [6.07, 6.45) is 2.30. The highest BCUT2D eigenvalue weighted by molar-refractivity contribution is 6.30. The first kappa shape index (κ1) is 17.4. The van der Waals surface area contributed by atoms with Gasteiger partial charge in [-0.3, -0.25) is 4.79 Å². The molecule has 1 atom stereocenters. The van der Waals surface area contributed by atoms with Crippen molar-refractivity contribution in [2.45, 2.75) is 19.4 Å². The largest absolute Gasteiger partial charge is 0.365 e. The minimum absolute atomic E-state index is 0.171. The summed E-state index contributed by atoms with van der Waals surface area (Å²) in [6, 6.07) is 14.0. The number of carbonyl (C=O) groups excluding carboxylic acids is 1. The lowest BCUT2D eigenvalue weighted by molar-refractivity contribution is -0.121. The zero-order valence-corrected chi connectivity index (χ0v) is 15.4. The van der Waals surface area contributed by atoms with E-state index < -0.39 is 11.7 Å². The number of rotatable bonds is 3. The van der Waals surface area contributed by atoms with Crippen molar-refractivity contribution in [1.29, 1.82) is 0 Å². The van der Waals surface area contributed by atoms with Gasteiger partial charge in [-0.05, 0) is 37.1 Å². The lowest BCUT2D eigenvalue weighted by Gasteiger charge is -2.22. The number of nitrogens with zero attached hydrogens (tertiary/aromatic N) is 4. The van der Waals surface area contributed by atoms with Gasteiger partial charge in [0.2, 0.25) is 0 Å². The van der Waals surface area contributed by atoms with E-state index in [9.17, 15) is 9.59 Å². The molecule has 1 aromatic heterocycles. The summed E-state index contributed by atoms with van der Waals surface area (Å²) in [5.74, 6) is -0.171. The van der Waals surface area contributed by atoms with Crippen LogP contribution in [-0.2, 0) is 11.2 Å². The third-order valence-electron chi connectivity index (χ3n) is 4.73. The molecule has 0 fully saturated rings. The molecule has 6 nitrogen and oxygen atoms in total. The average Bonchev–Trinajstić information content (AvgIpc) is 3.11. The Morgan fingerprint density at radius 3 is 2.63 bits per heavy atom. The van der Waals surface area contributed by atoms with Gasteiger partial charge in [-0.25, -0.2) is 9.48 Å². The average molecular weight is 381 g/mol. The van der Waals surface area contributed by atoms with Crippen LogP contribution in [0.2, 0.25) is 5.02 Å². The van der Waals surface area contributed by atoms with Crippen LogP contribution in [0.1, 0.15) is 18.5 Å². The smallest absolute Gasteiger partial charge is 0.310 e. The molecule has 2 heterocycles. The van der Waals surface area contributed by atoms with E-state index in [1.54, 1.807) is 36.1 Å². The molecule has 136 valence electrons. The Kier molecular flexibility index (Phi) is 4.49. The molecule has 1 amide bonds. The van der Waals surface area contributed by atoms with Crippen molar-refractivity contribution in [2.75, 3.05) is 11.4 Å². The minimum atomic E-state index is -0.740. The molecular weight excluding hydrogens is 364 g/mol. The summed E-state index contributed by atoms with van der Waals surface area (Å²) in [4.78, 5) is 31.2. The van der Waals surface area contributed by atoms with Crippen molar-refractivity contribution < 1.29 is 4.79 Å². The molecule has 0 spiro atoms. The standard InChI is InChI=1S/C20H17ClN4O2/c1-13(19(26)24-11-10-15-4-2-3-5-18(15)24)25-20(27)23-17(12-22-25)14-6-8-16(21)9-7-14/h2-9,12-13H,10-11H2,1H3/t13-/m1/s1. The summed E-state index contributed by atoms with van der Waals surface area (Å²) < 4.78 is 1.13. The van der Waals surface area contributed by atoms with Gasteiger partial charge in [0, 0.05) is 22.8 Å². The number of anilines is 1. The molecule has 0 radical (unpaired) electrons. The Hall–Kier alpha value is -2.99. The summed E-state index contributed by atoms with van der Waals surface area (Å²) in [7, 11) is 0. The molecule has 0 bridgehead atoms. The number of fused-ring (bicyclic) bond motifs is 1. The highest BCUT2D eigenvalue weighted by Crippen LogP contribution is 2.29. The Bertz CT molecular complexity index is 1060. The number of carbonyl (C=O) groups is 1. The van der Waals surface area contributed by atoms with Gasteiger partial charge in [-0.15, -0.1) is 0 Å². The molecule has 0 N–H and O–H groups in total. The highest BCUT2D eigenvalue weighted by Gasteiger charge is 2.29. The van der Waals surface area contributed by atoms with Crippen molar-refractivity contribution in [3.8, 4) is 11.3 Å². The van der Waals surface area contributed by atoms with E-state index in [1.165, 1.54) is 6.20 Å². The summed E-state index contributed by atoms with van der Waals surface area (Å²) >= 11 is 5.89. The van der Waals surface area contributed by atoms with E-state index in [0.29, 0.717) is 17.3 Å². The Morgan fingerprint density at radius 1 is 1.15 bits per heavy atom. The molecule has 2 aromatic carbocycles. The number of hydrogen-bond donors (Lipinski definition) is 0. The molecule has 4 rings (SSSR count). The molecule has 0 saturated heterocycles. The van der Waals surface area contributed by atoms with Gasteiger partial charge in [-0.1, -0.05) is 41.9 Å². The van der Waals surface area contributed by atoms with Crippen molar-refractivity contribution in [3.63, 3.8) is 0 Å². The van der Waals surface area contributed by atoms with Crippen molar-refractivity contribution in [3.05, 3.63) is 75.8 Å². The summed E-state index contributed by atoms with van der Waals surface area (Å²) in [5, 5.41) is 4.79. The van der Waals surface area contributed by atoms with Crippen LogP contribution in [0.25, 0.3) is 11.3 Å². The predicted molar refractivity (Wildman–Crippen MR) is 104 cm³/mol. The number of hydrogen-bond acceptors (Lipinski definition) is 4. The third kappa shape index (κ3) is 3.24. The molecule has 0 saturated carbocycles. The van der Waals surface area contributed by atoms with E-state index in [-0.39, 0.29) is 5.91 Å². The van der Waals surface area contributed by atoms with E-state index in [0.717, 1.165) is 27.9 Å². The van der Waals surface area contributed by atoms with E-state index in [1.807, 2.05) is 24.3 Å². The monoisotopic (exact) mass is 380 g/mol. The van der Waals surface area contributed by atoms with Crippen LogP contribution >= 0.6 is 11.6 Å². The minimum Gasteiger partial charge on any atom is -0.310 e. The molecule has 27 heavy (non-hydrogen) atoms. The topological polar surface area (TPSA) is 68.1 Å². The van der Waals surface area contributed by atoms with Gasteiger partial charge in [0.15, 0.2) is 0 Å².